The first kappa shape index (κ1) is 24.7. The molecule has 1 saturated heterocycles. The lowest BCUT2D eigenvalue weighted by atomic mass is 9.97. The van der Waals surface area contributed by atoms with E-state index >= 15 is 0 Å². The molecule has 0 saturated carbocycles. The van der Waals surface area contributed by atoms with Crippen LogP contribution in [-0.2, 0) is 42.9 Å². The first-order chi connectivity index (χ1) is 15.1. The monoisotopic (exact) mass is 452 g/mol. The Labute approximate surface area is 183 Å². The number of aromatic nitrogens is 1. The van der Waals surface area contributed by atoms with Gasteiger partial charge in [-0.05, 0) is 12.1 Å². The molecule has 0 radical (unpaired) electrons. The average molecular weight is 452 g/mol. The van der Waals surface area contributed by atoms with Crippen molar-refractivity contribution in [1.29, 1.82) is 0 Å². The maximum atomic E-state index is 12.7. The van der Waals surface area contributed by atoms with Crippen LogP contribution in [0.2, 0.25) is 0 Å². The topological polar surface area (TPSA) is 156 Å². The number of rotatable bonds is 7. The quantitative estimate of drug-likeness (QED) is 0.435. The molecule has 5 atom stereocenters. The van der Waals surface area contributed by atoms with Gasteiger partial charge in [-0.2, -0.15) is 0 Å². The van der Waals surface area contributed by atoms with Crippen molar-refractivity contribution < 1.29 is 47.7 Å². The van der Waals surface area contributed by atoms with Gasteiger partial charge in [-0.1, -0.05) is 0 Å². The zero-order valence-electron chi connectivity index (χ0n) is 17.9. The first-order valence-electron chi connectivity index (χ1n) is 9.59. The molecule has 1 aliphatic rings. The Bertz CT molecular complexity index is 859. The Hall–Kier alpha value is -3.54. The molecule has 0 bridgehead atoms. The largest absolute Gasteiger partial charge is 0.463 e. The summed E-state index contributed by atoms with van der Waals surface area (Å²) < 4.78 is 26.6. The predicted molar refractivity (Wildman–Crippen MR) is 104 cm³/mol. The van der Waals surface area contributed by atoms with Gasteiger partial charge in [0.15, 0.2) is 24.5 Å². The highest BCUT2D eigenvalue weighted by atomic mass is 16.7. The molecule has 1 aromatic rings. The minimum Gasteiger partial charge on any atom is -0.463 e. The number of ether oxygens (including phenoxy) is 5. The molecule has 12 heteroatoms. The Morgan fingerprint density at radius 3 is 2.03 bits per heavy atom. The molecule has 32 heavy (non-hydrogen) atoms. The summed E-state index contributed by atoms with van der Waals surface area (Å²) in [5, 5.41) is 2.53. The van der Waals surface area contributed by atoms with Gasteiger partial charge >= 0.3 is 23.9 Å². The maximum Gasteiger partial charge on any atom is 0.303 e. The molecule has 1 aliphatic heterocycles. The van der Waals surface area contributed by atoms with E-state index in [1.807, 2.05) is 0 Å². The number of esters is 4. The third kappa shape index (κ3) is 7.01. The Kier molecular flexibility index (Phi) is 8.64. The standard InChI is InChI=1S/C20H24N2O10/c1-10(23)28-9-15-16(29-11(2)24)17(30-12(3)25)18(31-13(4)26)20(32-15)22-19(27)14-6-5-7-21-8-14/h5-8,15-18,20H,9H2,1-4H3,(H,22,27)/t15-,16-,17+,18-,20-/m1/s1. The first-order valence-corrected chi connectivity index (χ1v) is 9.59. The molecule has 0 aliphatic carbocycles. The molecule has 1 amide bonds. The van der Waals surface area contributed by atoms with Crippen molar-refractivity contribution in [2.24, 2.45) is 0 Å². The van der Waals surface area contributed by atoms with Crippen LogP contribution in [0.4, 0.5) is 0 Å². The van der Waals surface area contributed by atoms with E-state index in [1.165, 1.54) is 18.5 Å². The van der Waals surface area contributed by atoms with Gasteiger partial charge in [0.25, 0.3) is 5.91 Å². The molecule has 0 aromatic carbocycles. The van der Waals surface area contributed by atoms with E-state index in [-0.39, 0.29) is 5.56 Å². The van der Waals surface area contributed by atoms with Crippen LogP contribution in [-0.4, -0.2) is 72.0 Å². The van der Waals surface area contributed by atoms with Gasteiger partial charge in [-0.3, -0.25) is 29.0 Å². The molecule has 2 rings (SSSR count). The van der Waals surface area contributed by atoms with Gasteiger partial charge in [-0.25, -0.2) is 0 Å². The second-order valence-corrected chi connectivity index (χ2v) is 6.84. The highest BCUT2D eigenvalue weighted by Gasteiger charge is 2.52. The van der Waals surface area contributed by atoms with Crippen LogP contribution in [0.5, 0.6) is 0 Å². The van der Waals surface area contributed by atoms with E-state index in [0.717, 1.165) is 27.7 Å². The lowest BCUT2D eigenvalue weighted by molar-refractivity contribution is -0.255. The smallest absolute Gasteiger partial charge is 0.303 e. The van der Waals surface area contributed by atoms with Gasteiger partial charge in [0.2, 0.25) is 0 Å². The molecule has 1 fully saturated rings. The van der Waals surface area contributed by atoms with Gasteiger partial charge in [-0.15, -0.1) is 0 Å². The van der Waals surface area contributed by atoms with Crippen molar-refractivity contribution in [2.75, 3.05) is 6.61 Å². The SMILES string of the molecule is CC(=O)OC[C@H]1O[C@@H](NC(=O)c2cccnc2)[C@H](OC(C)=O)[C@@H](OC(C)=O)[C@@H]1OC(C)=O. The van der Waals surface area contributed by atoms with Crippen LogP contribution in [0.1, 0.15) is 38.1 Å². The Morgan fingerprint density at radius 2 is 1.50 bits per heavy atom. The van der Waals surface area contributed by atoms with Crippen molar-refractivity contribution in [3.63, 3.8) is 0 Å². The Balaban J connectivity index is 2.42. The van der Waals surface area contributed by atoms with Crippen LogP contribution in [0, 0.1) is 0 Å². The van der Waals surface area contributed by atoms with Gasteiger partial charge in [0.05, 0.1) is 5.56 Å². The second-order valence-electron chi connectivity index (χ2n) is 6.84. The number of hydrogen-bond acceptors (Lipinski definition) is 11. The van der Waals surface area contributed by atoms with E-state index in [0.29, 0.717) is 0 Å². The number of carbonyl (C=O) groups is 5. The average Bonchev–Trinajstić information content (AvgIpc) is 2.70. The summed E-state index contributed by atoms with van der Waals surface area (Å²) in [6.45, 7) is 4.10. The summed E-state index contributed by atoms with van der Waals surface area (Å²) in [4.78, 5) is 63.0. The zero-order chi connectivity index (χ0) is 23.8. The zero-order valence-corrected chi connectivity index (χ0v) is 17.9. The third-order valence-electron chi connectivity index (χ3n) is 4.19. The number of hydrogen-bond donors (Lipinski definition) is 1. The Morgan fingerprint density at radius 1 is 0.906 bits per heavy atom. The molecule has 1 N–H and O–H groups in total. The van der Waals surface area contributed by atoms with Gasteiger partial charge < -0.3 is 29.0 Å². The van der Waals surface area contributed by atoms with E-state index in [2.05, 4.69) is 10.3 Å². The summed E-state index contributed by atoms with van der Waals surface area (Å²) in [7, 11) is 0. The summed E-state index contributed by atoms with van der Waals surface area (Å²) in [5.74, 6) is -3.55. The van der Waals surface area contributed by atoms with Gasteiger partial charge in [0, 0.05) is 40.1 Å². The van der Waals surface area contributed by atoms with Crippen LogP contribution in [0.3, 0.4) is 0 Å². The molecule has 1 aromatic heterocycles. The summed E-state index contributed by atoms with van der Waals surface area (Å²) in [5.41, 5.74) is 0.181. The lowest BCUT2D eigenvalue weighted by Crippen LogP contribution is -2.66. The fraction of sp³-hybridized carbons (Fsp3) is 0.500. The fourth-order valence-electron chi connectivity index (χ4n) is 3.05. The van der Waals surface area contributed by atoms with Crippen molar-refractivity contribution in [3.05, 3.63) is 30.1 Å². The highest BCUT2D eigenvalue weighted by molar-refractivity contribution is 5.94. The van der Waals surface area contributed by atoms with Gasteiger partial charge in [0.1, 0.15) is 12.7 Å². The van der Waals surface area contributed by atoms with E-state index in [1.54, 1.807) is 6.07 Å². The minimum absolute atomic E-state index is 0.181. The van der Waals surface area contributed by atoms with E-state index in [4.69, 9.17) is 23.7 Å². The third-order valence-corrected chi connectivity index (χ3v) is 4.19. The van der Waals surface area contributed by atoms with Crippen molar-refractivity contribution in [1.82, 2.24) is 10.3 Å². The van der Waals surface area contributed by atoms with Crippen LogP contribution < -0.4 is 5.32 Å². The maximum absolute atomic E-state index is 12.7. The molecule has 174 valence electrons. The summed E-state index contributed by atoms with van der Waals surface area (Å²) >= 11 is 0. The molecular formula is C20H24N2O10. The molecule has 12 nitrogen and oxygen atoms in total. The highest BCUT2D eigenvalue weighted by Crippen LogP contribution is 2.28. The van der Waals surface area contributed by atoms with E-state index in [9.17, 15) is 24.0 Å². The predicted octanol–water partition coefficient (Wildman–Crippen LogP) is -0.105. The fourth-order valence-corrected chi connectivity index (χ4v) is 3.05. The number of carbonyl (C=O) groups excluding carboxylic acids is 5. The normalized spacial score (nSPS) is 24.6. The number of nitrogens with one attached hydrogen (secondary N) is 1. The van der Waals surface area contributed by atoms with Crippen LogP contribution in [0.15, 0.2) is 24.5 Å². The number of nitrogens with zero attached hydrogens (tertiary/aromatic N) is 1. The molecule has 2 heterocycles. The minimum atomic E-state index is -1.38. The molecule has 0 unspecified atom stereocenters. The van der Waals surface area contributed by atoms with E-state index < -0.39 is 67.0 Å². The van der Waals surface area contributed by atoms with Crippen molar-refractivity contribution in [2.45, 2.75) is 58.3 Å². The molecular weight excluding hydrogens is 428 g/mol. The van der Waals surface area contributed by atoms with Crippen LogP contribution >= 0.6 is 0 Å². The second kappa shape index (κ2) is 11.2. The summed E-state index contributed by atoms with van der Waals surface area (Å²) in [6, 6.07) is 3.04. The molecule has 0 spiro atoms. The summed E-state index contributed by atoms with van der Waals surface area (Å²) in [6.07, 6.45) is -3.76. The number of amides is 1. The number of pyridine rings is 1. The van der Waals surface area contributed by atoms with Crippen molar-refractivity contribution in [3.8, 4) is 0 Å². The lowest BCUT2D eigenvalue weighted by Gasteiger charge is -2.44. The van der Waals surface area contributed by atoms with Crippen LogP contribution in [0.25, 0.3) is 0 Å². The van der Waals surface area contributed by atoms with Crippen molar-refractivity contribution >= 4 is 29.8 Å².